The summed E-state index contributed by atoms with van der Waals surface area (Å²) in [5.41, 5.74) is 0.300. The molecule has 0 saturated heterocycles. The standard InChI is InChI=1S/C16H23NO4/c1-12(13-9-7-6-8-10-13)17(11-14(18)20-5)15(19)21-16(2,3)4/h6-10,12H,11H2,1-5H3/t12-/m0/s1. The molecule has 1 atom stereocenters. The predicted molar refractivity (Wildman–Crippen MR) is 79.8 cm³/mol. The van der Waals surface area contributed by atoms with Gasteiger partial charge in [-0.25, -0.2) is 4.79 Å². The zero-order valence-corrected chi connectivity index (χ0v) is 13.3. The maximum absolute atomic E-state index is 12.3. The number of hydrogen-bond acceptors (Lipinski definition) is 4. The van der Waals surface area contributed by atoms with E-state index in [2.05, 4.69) is 4.74 Å². The monoisotopic (exact) mass is 293 g/mol. The van der Waals surface area contributed by atoms with Crippen LogP contribution in [0.5, 0.6) is 0 Å². The Hall–Kier alpha value is -2.04. The Morgan fingerprint density at radius 3 is 2.24 bits per heavy atom. The molecule has 0 aliphatic heterocycles. The molecule has 0 aliphatic rings. The number of ether oxygens (including phenoxy) is 2. The fourth-order valence-electron chi connectivity index (χ4n) is 1.80. The number of carbonyl (C=O) groups excluding carboxylic acids is 2. The van der Waals surface area contributed by atoms with Crippen LogP contribution in [0, 0.1) is 0 Å². The van der Waals surface area contributed by atoms with E-state index >= 15 is 0 Å². The van der Waals surface area contributed by atoms with Crippen molar-refractivity contribution in [1.29, 1.82) is 0 Å². The lowest BCUT2D eigenvalue weighted by Crippen LogP contribution is -2.41. The van der Waals surface area contributed by atoms with Gasteiger partial charge in [-0.2, -0.15) is 0 Å². The Morgan fingerprint density at radius 1 is 1.19 bits per heavy atom. The number of nitrogens with zero attached hydrogens (tertiary/aromatic N) is 1. The van der Waals surface area contributed by atoms with E-state index in [1.807, 2.05) is 37.3 Å². The predicted octanol–water partition coefficient (Wildman–Crippen LogP) is 3.16. The third kappa shape index (κ3) is 5.45. The van der Waals surface area contributed by atoms with Crippen molar-refractivity contribution in [1.82, 2.24) is 4.90 Å². The molecule has 0 saturated carbocycles. The van der Waals surface area contributed by atoms with Gasteiger partial charge in [0.25, 0.3) is 0 Å². The molecule has 0 unspecified atom stereocenters. The molecule has 5 heteroatoms. The zero-order valence-electron chi connectivity index (χ0n) is 13.3. The van der Waals surface area contributed by atoms with Crippen LogP contribution in [0.1, 0.15) is 39.3 Å². The van der Waals surface area contributed by atoms with E-state index < -0.39 is 17.7 Å². The van der Waals surface area contributed by atoms with Crippen molar-refractivity contribution in [2.45, 2.75) is 39.3 Å². The van der Waals surface area contributed by atoms with Crippen LogP contribution in [0.3, 0.4) is 0 Å². The molecule has 21 heavy (non-hydrogen) atoms. The molecule has 0 spiro atoms. The molecular formula is C16H23NO4. The second-order valence-electron chi connectivity index (χ2n) is 5.77. The van der Waals surface area contributed by atoms with Crippen molar-refractivity contribution in [3.8, 4) is 0 Å². The minimum Gasteiger partial charge on any atom is -0.468 e. The summed E-state index contributed by atoms with van der Waals surface area (Å²) in [6, 6.07) is 9.18. The molecule has 0 N–H and O–H groups in total. The van der Waals surface area contributed by atoms with Gasteiger partial charge in [-0.05, 0) is 33.3 Å². The Balaban J connectivity index is 2.96. The van der Waals surface area contributed by atoms with Crippen molar-refractivity contribution >= 4 is 12.1 Å². The van der Waals surface area contributed by atoms with E-state index in [-0.39, 0.29) is 12.6 Å². The minimum absolute atomic E-state index is 0.151. The average Bonchev–Trinajstić information content (AvgIpc) is 2.42. The fraction of sp³-hybridized carbons (Fsp3) is 0.500. The Bertz CT molecular complexity index is 479. The maximum atomic E-state index is 12.3. The average molecular weight is 293 g/mol. The highest BCUT2D eigenvalue weighted by Crippen LogP contribution is 2.22. The lowest BCUT2D eigenvalue weighted by atomic mass is 10.1. The summed E-state index contributed by atoms with van der Waals surface area (Å²) in [4.78, 5) is 25.2. The number of rotatable bonds is 4. The van der Waals surface area contributed by atoms with Gasteiger partial charge < -0.3 is 9.47 Å². The van der Waals surface area contributed by atoms with Crippen LogP contribution in [0.4, 0.5) is 4.79 Å². The third-order valence-corrected chi connectivity index (χ3v) is 2.90. The van der Waals surface area contributed by atoms with Crippen molar-refractivity contribution in [3.05, 3.63) is 35.9 Å². The summed E-state index contributed by atoms with van der Waals surface area (Å²) >= 11 is 0. The minimum atomic E-state index is -0.623. The van der Waals surface area contributed by atoms with Crippen molar-refractivity contribution in [2.24, 2.45) is 0 Å². The molecule has 0 aromatic heterocycles. The van der Waals surface area contributed by atoms with Gasteiger partial charge in [0.1, 0.15) is 12.1 Å². The van der Waals surface area contributed by atoms with Crippen molar-refractivity contribution in [3.63, 3.8) is 0 Å². The SMILES string of the molecule is COC(=O)CN(C(=O)OC(C)(C)C)[C@@H](C)c1ccccc1. The van der Waals surface area contributed by atoms with Gasteiger partial charge in [0, 0.05) is 0 Å². The first kappa shape index (κ1) is 17.0. The summed E-state index contributed by atoms with van der Waals surface area (Å²) in [6.45, 7) is 7.06. The third-order valence-electron chi connectivity index (χ3n) is 2.90. The highest BCUT2D eigenvalue weighted by Gasteiger charge is 2.28. The van der Waals surface area contributed by atoms with Gasteiger partial charge in [0.15, 0.2) is 0 Å². The van der Waals surface area contributed by atoms with Crippen molar-refractivity contribution in [2.75, 3.05) is 13.7 Å². The van der Waals surface area contributed by atoms with Crippen LogP contribution in [-0.2, 0) is 14.3 Å². The topological polar surface area (TPSA) is 55.8 Å². The van der Waals surface area contributed by atoms with Crippen LogP contribution in [0.2, 0.25) is 0 Å². The normalized spacial score (nSPS) is 12.4. The highest BCUT2D eigenvalue weighted by molar-refractivity contribution is 5.78. The zero-order chi connectivity index (χ0) is 16.0. The van der Waals surface area contributed by atoms with Gasteiger partial charge in [-0.15, -0.1) is 0 Å². The van der Waals surface area contributed by atoms with E-state index in [0.29, 0.717) is 0 Å². The molecule has 5 nitrogen and oxygen atoms in total. The largest absolute Gasteiger partial charge is 0.468 e. The molecule has 1 amide bonds. The Kier molecular flexibility index (Phi) is 5.76. The van der Waals surface area contributed by atoms with Crippen LogP contribution in [0.25, 0.3) is 0 Å². The fourth-order valence-corrected chi connectivity index (χ4v) is 1.80. The van der Waals surface area contributed by atoms with E-state index in [1.165, 1.54) is 12.0 Å². The number of hydrogen-bond donors (Lipinski definition) is 0. The molecular weight excluding hydrogens is 270 g/mol. The maximum Gasteiger partial charge on any atom is 0.411 e. The smallest absolute Gasteiger partial charge is 0.411 e. The number of methoxy groups -OCH3 is 1. The van der Waals surface area contributed by atoms with Gasteiger partial charge in [0.2, 0.25) is 0 Å². The van der Waals surface area contributed by atoms with E-state index in [4.69, 9.17) is 4.74 Å². The lowest BCUT2D eigenvalue weighted by molar-refractivity contribution is -0.142. The van der Waals surface area contributed by atoms with Crippen LogP contribution in [0.15, 0.2) is 30.3 Å². The first-order chi connectivity index (χ1) is 9.74. The first-order valence-electron chi connectivity index (χ1n) is 6.86. The summed E-state index contributed by atoms with van der Waals surface area (Å²) in [7, 11) is 1.29. The summed E-state index contributed by atoms with van der Waals surface area (Å²) in [5, 5.41) is 0. The molecule has 1 aromatic carbocycles. The van der Waals surface area contributed by atoms with Gasteiger partial charge in [-0.1, -0.05) is 30.3 Å². The molecule has 0 aliphatic carbocycles. The lowest BCUT2D eigenvalue weighted by Gasteiger charge is -2.31. The van der Waals surface area contributed by atoms with E-state index in [9.17, 15) is 9.59 Å². The van der Waals surface area contributed by atoms with Gasteiger partial charge >= 0.3 is 12.1 Å². The molecule has 0 bridgehead atoms. The molecule has 116 valence electrons. The van der Waals surface area contributed by atoms with Crippen LogP contribution in [-0.4, -0.2) is 36.2 Å². The number of amides is 1. The summed E-state index contributed by atoms with van der Waals surface area (Å²) < 4.78 is 10.0. The first-order valence-corrected chi connectivity index (χ1v) is 6.86. The Labute approximate surface area is 125 Å². The number of esters is 1. The molecule has 1 rings (SSSR count). The van der Waals surface area contributed by atoms with E-state index in [1.54, 1.807) is 20.8 Å². The quantitative estimate of drug-likeness (QED) is 0.800. The van der Waals surface area contributed by atoms with Gasteiger partial charge in [-0.3, -0.25) is 9.69 Å². The number of benzene rings is 1. The van der Waals surface area contributed by atoms with E-state index in [0.717, 1.165) is 5.56 Å². The molecule has 0 heterocycles. The summed E-state index contributed by atoms with van der Waals surface area (Å²) in [5.74, 6) is -0.483. The molecule has 1 aromatic rings. The van der Waals surface area contributed by atoms with Gasteiger partial charge in [0.05, 0.1) is 13.2 Å². The molecule has 0 radical (unpaired) electrons. The van der Waals surface area contributed by atoms with Crippen LogP contribution >= 0.6 is 0 Å². The Morgan fingerprint density at radius 2 is 1.76 bits per heavy atom. The molecule has 0 fully saturated rings. The number of carbonyl (C=O) groups is 2. The second kappa shape index (κ2) is 7.11. The summed E-state index contributed by atoms with van der Waals surface area (Å²) in [6.07, 6.45) is -0.538. The van der Waals surface area contributed by atoms with Crippen LogP contribution < -0.4 is 0 Å². The highest BCUT2D eigenvalue weighted by atomic mass is 16.6. The van der Waals surface area contributed by atoms with Crippen molar-refractivity contribution < 1.29 is 19.1 Å². The second-order valence-corrected chi connectivity index (χ2v) is 5.77.